The van der Waals surface area contributed by atoms with Crippen molar-refractivity contribution in [1.29, 1.82) is 0 Å². The Morgan fingerprint density at radius 1 is 0.820 bits per heavy atom. The molecule has 1 aliphatic heterocycles. The van der Waals surface area contributed by atoms with Gasteiger partial charge in [-0.3, -0.25) is 9.69 Å². The molecule has 3 heterocycles. The maximum atomic E-state index is 12.5. The van der Waals surface area contributed by atoms with E-state index in [2.05, 4.69) is 100.0 Å². The minimum atomic E-state index is -0.240. The molecule has 50 heavy (non-hydrogen) atoms. The van der Waals surface area contributed by atoms with Crippen LogP contribution in [0.25, 0.3) is 21.0 Å². The van der Waals surface area contributed by atoms with Crippen LogP contribution < -0.4 is 14.4 Å². The van der Waals surface area contributed by atoms with Gasteiger partial charge in [-0.2, -0.15) is 0 Å². The minimum Gasteiger partial charge on any atom is -0.494 e. The van der Waals surface area contributed by atoms with Crippen LogP contribution in [0.15, 0.2) is 109 Å². The van der Waals surface area contributed by atoms with Crippen LogP contribution in [0.3, 0.4) is 0 Å². The number of carbonyl (C=O) groups is 1. The number of esters is 1. The molecule has 0 radical (unpaired) electrons. The molecular weight excluding hydrogens is 639 g/mol. The van der Waals surface area contributed by atoms with Gasteiger partial charge in [0.05, 0.1) is 12.1 Å². The van der Waals surface area contributed by atoms with Crippen LogP contribution in [0.1, 0.15) is 71.1 Å². The summed E-state index contributed by atoms with van der Waals surface area (Å²) in [6, 6.07) is 18.5. The van der Waals surface area contributed by atoms with E-state index in [0.717, 1.165) is 107 Å². The van der Waals surface area contributed by atoms with Crippen molar-refractivity contribution in [2.75, 3.05) is 44.2 Å². The van der Waals surface area contributed by atoms with Gasteiger partial charge in [-0.1, -0.05) is 61.6 Å². The summed E-state index contributed by atoms with van der Waals surface area (Å²) < 4.78 is 13.0. The molecule has 0 spiro atoms. The average Bonchev–Trinajstić information content (AvgIpc) is 3.63. The van der Waals surface area contributed by atoms with E-state index in [1.807, 2.05) is 35.6 Å². The third kappa shape index (κ3) is 12.3. The van der Waals surface area contributed by atoms with Gasteiger partial charge in [0.25, 0.3) is 0 Å². The first-order valence-electron chi connectivity index (χ1n) is 18.5. The van der Waals surface area contributed by atoms with Crippen LogP contribution in [0.4, 0.5) is 5.69 Å². The summed E-state index contributed by atoms with van der Waals surface area (Å²) >= 11 is 1.82. The first-order valence-corrected chi connectivity index (χ1v) is 19.4. The van der Waals surface area contributed by atoms with Crippen LogP contribution in [-0.4, -0.2) is 55.2 Å². The van der Waals surface area contributed by atoms with Gasteiger partial charge in [-0.25, -0.2) is 4.98 Å². The molecular formula is C43H53N3O3S. The summed E-state index contributed by atoms with van der Waals surface area (Å²) in [4.78, 5) is 22.1. The van der Waals surface area contributed by atoms with Gasteiger partial charge in [-0.05, 0) is 106 Å². The quantitative estimate of drug-likeness (QED) is 0.0522. The first kappa shape index (κ1) is 37.1. The van der Waals surface area contributed by atoms with Crippen molar-refractivity contribution in [3.8, 4) is 11.6 Å². The fraction of sp³-hybridized carbons (Fsp3) is 0.395. The minimum absolute atomic E-state index is 0.240. The van der Waals surface area contributed by atoms with Crippen LogP contribution in [-0.2, 0) is 4.79 Å². The maximum Gasteiger partial charge on any atom is 0.312 e. The van der Waals surface area contributed by atoms with Crippen LogP contribution >= 0.6 is 11.3 Å². The van der Waals surface area contributed by atoms with Crippen LogP contribution in [0, 0.1) is 0 Å². The monoisotopic (exact) mass is 691 g/mol. The standard InChI is InChI=1S/C43H53N3O3S/c1-2-3-4-5-6-7-8-9-10-11-12-13-14-15-16-22-43(47)49-42-26-24-36-23-25-37(35-39(36)44-42)48-33-18-17-28-45-29-31-46(32-30-45)40-20-19-21-41-38(40)27-34-50-41/h3-4,6-7,9-10,12-13,19-21,23-27,34-35H,2,5,8,11,14-18,22,28-33H2,1H3. The van der Waals surface area contributed by atoms with Gasteiger partial charge < -0.3 is 14.4 Å². The van der Waals surface area contributed by atoms with Crippen molar-refractivity contribution in [3.05, 3.63) is 109 Å². The summed E-state index contributed by atoms with van der Waals surface area (Å²) in [6.45, 7) is 8.24. The van der Waals surface area contributed by atoms with E-state index in [4.69, 9.17) is 9.47 Å². The fourth-order valence-corrected chi connectivity index (χ4v) is 6.92. The zero-order valence-electron chi connectivity index (χ0n) is 29.7. The second-order valence-corrected chi connectivity index (χ2v) is 13.7. The van der Waals surface area contributed by atoms with E-state index in [-0.39, 0.29) is 5.97 Å². The molecule has 5 rings (SSSR count). The molecule has 0 bridgehead atoms. The number of rotatable bonds is 20. The second-order valence-electron chi connectivity index (χ2n) is 12.7. The van der Waals surface area contributed by atoms with Crippen molar-refractivity contribution in [2.45, 2.75) is 71.1 Å². The van der Waals surface area contributed by atoms with E-state index in [0.29, 0.717) is 18.9 Å². The van der Waals surface area contributed by atoms with Gasteiger partial charge in [0.2, 0.25) is 5.88 Å². The number of hydrogen-bond acceptors (Lipinski definition) is 7. The molecule has 4 aromatic rings. The number of unbranched alkanes of at least 4 members (excludes halogenated alkanes) is 3. The molecule has 1 saturated heterocycles. The lowest BCUT2D eigenvalue weighted by molar-refractivity contribution is -0.134. The lowest BCUT2D eigenvalue weighted by Gasteiger charge is -2.36. The largest absolute Gasteiger partial charge is 0.494 e. The highest BCUT2D eigenvalue weighted by Gasteiger charge is 2.18. The SMILES string of the molecule is CCC=CCC=CCC=CCC=CCCCCC(=O)Oc1ccc2ccc(OCCCCN3CCN(c4cccc5sccc45)CC3)cc2n1. The number of carbonyl (C=O) groups excluding carboxylic acids is 1. The van der Waals surface area contributed by atoms with Gasteiger partial charge in [0, 0.05) is 65.9 Å². The van der Waals surface area contributed by atoms with Gasteiger partial charge in [0.15, 0.2) is 0 Å². The number of benzene rings is 2. The summed E-state index contributed by atoms with van der Waals surface area (Å²) in [7, 11) is 0. The summed E-state index contributed by atoms with van der Waals surface area (Å²) in [5.41, 5.74) is 2.14. The Labute approximate surface area is 302 Å². The van der Waals surface area contributed by atoms with Crippen molar-refractivity contribution < 1.29 is 14.3 Å². The predicted octanol–water partition coefficient (Wildman–Crippen LogP) is 10.7. The first-order chi connectivity index (χ1) is 24.7. The lowest BCUT2D eigenvalue weighted by atomic mass is 10.2. The Morgan fingerprint density at radius 2 is 1.58 bits per heavy atom. The molecule has 0 amide bonds. The molecule has 2 aromatic heterocycles. The lowest BCUT2D eigenvalue weighted by Crippen LogP contribution is -2.46. The molecule has 7 heteroatoms. The summed E-state index contributed by atoms with van der Waals surface area (Å²) in [5.74, 6) is 0.891. The number of anilines is 1. The molecule has 264 valence electrons. The number of nitrogens with zero attached hydrogens (tertiary/aromatic N) is 3. The summed E-state index contributed by atoms with van der Waals surface area (Å²) in [5, 5.41) is 4.56. The van der Waals surface area contributed by atoms with E-state index < -0.39 is 0 Å². The Balaban J connectivity index is 0.927. The fourth-order valence-electron chi connectivity index (χ4n) is 6.12. The Hall–Kier alpha value is -4.20. The number of pyridine rings is 1. The van der Waals surface area contributed by atoms with Crippen molar-refractivity contribution in [3.63, 3.8) is 0 Å². The number of ether oxygens (including phenoxy) is 2. The molecule has 0 unspecified atom stereocenters. The smallest absolute Gasteiger partial charge is 0.312 e. The highest BCUT2D eigenvalue weighted by Crippen LogP contribution is 2.31. The Bertz CT molecular complexity index is 1730. The van der Waals surface area contributed by atoms with Crippen LogP contribution in [0.2, 0.25) is 0 Å². The number of thiophene rings is 1. The third-order valence-corrected chi connectivity index (χ3v) is 9.78. The van der Waals surface area contributed by atoms with Gasteiger partial charge >= 0.3 is 5.97 Å². The third-order valence-electron chi connectivity index (χ3n) is 8.90. The number of allylic oxidation sites excluding steroid dienone is 8. The van der Waals surface area contributed by atoms with E-state index >= 15 is 0 Å². The summed E-state index contributed by atoms with van der Waals surface area (Å²) in [6.07, 6.45) is 26.8. The Morgan fingerprint density at radius 3 is 2.38 bits per heavy atom. The number of aromatic nitrogens is 1. The maximum absolute atomic E-state index is 12.5. The topological polar surface area (TPSA) is 54.9 Å². The van der Waals surface area contributed by atoms with E-state index in [1.54, 1.807) is 6.07 Å². The average molecular weight is 692 g/mol. The zero-order valence-corrected chi connectivity index (χ0v) is 30.5. The zero-order chi connectivity index (χ0) is 34.6. The molecule has 0 aliphatic carbocycles. The van der Waals surface area contributed by atoms with Gasteiger partial charge in [0.1, 0.15) is 5.75 Å². The second kappa shape index (κ2) is 21.1. The number of hydrogen-bond donors (Lipinski definition) is 0. The highest BCUT2D eigenvalue weighted by atomic mass is 32.1. The normalized spacial score (nSPS) is 14.4. The van der Waals surface area contributed by atoms with E-state index in [1.165, 1.54) is 15.8 Å². The molecule has 0 N–H and O–H groups in total. The number of fused-ring (bicyclic) bond motifs is 2. The highest BCUT2D eigenvalue weighted by molar-refractivity contribution is 7.17. The molecule has 2 aromatic carbocycles. The predicted molar refractivity (Wildman–Crippen MR) is 212 cm³/mol. The van der Waals surface area contributed by atoms with Gasteiger partial charge in [-0.15, -0.1) is 11.3 Å². The molecule has 0 atom stereocenters. The molecule has 0 saturated carbocycles. The number of piperazine rings is 1. The van der Waals surface area contributed by atoms with Crippen molar-refractivity contribution in [2.24, 2.45) is 0 Å². The van der Waals surface area contributed by atoms with E-state index in [9.17, 15) is 4.79 Å². The molecule has 6 nitrogen and oxygen atoms in total. The van der Waals surface area contributed by atoms with Crippen LogP contribution in [0.5, 0.6) is 11.6 Å². The van der Waals surface area contributed by atoms with Crippen molar-refractivity contribution >= 4 is 44.0 Å². The Kier molecular flexibility index (Phi) is 15.7. The molecule has 1 fully saturated rings. The van der Waals surface area contributed by atoms with Crippen molar-refractivity contribution in [1.82, 2.24) is 9.88 Å². The molecule has 1 aliphatic rings.